The Kier molecular flexibility index (Phi) is 5.03. The van der Waals surface area contributed by atoms with Gasteiger partial charge in [-0.3, -0.25) is 4.40 Å². The van der Waals surface area contributed by atoms with Crippen LogP contribution in [0.25, 0.3) is 38.9 Å². The van der Waals surface area contributed by atoms with E-state index in [1.54, 1.807) is 6.20 Å². The Morgan fingerprint density at radius 2 is 1.76 bits per heavy atom. The fourth-order valence-corrected chi connectivity index (χ4v) is 5.22. The zero-order valence-electron chi connectivity index (χ0n) is 19.5. The molecule has 0 radical (unpaired) electrons. The molecule has 6 heteroatoms. The van der Waals surface area contributed by atoms with Gasteiger partial charge in [0.05, 0.1) is 11.2 Å². The van der Waals surface area contributed by atoms with Gasteiger partial charge < -0.3 is 10.6 Å². The number of aromatic nitrogens is 4. The zero-order chi connectivity index (χ0) is 23.2. The first-order valence-corrected chi connectivity index (χ1v) is 11.8. The van der Waals surface area contributed by atoms with E-state index >= 15 is 0 Å². The Bertz CT molecular complexity index is 1480. The van der Waals surface area contributed by atoms with E-state index in [0.717, 1.165) is 70.1 Å². The molecule has 1 saturated carbocycles. The molecule has 0 amide bonds. The highest BCUT2D eigenvalue weighted by molar-refractivity contribution is 5.91. The third kappa shape index (κ3) is 3.60. The molecule has 6 nitrogen and oxygen atoms in total. The molecule has 1 aliphatic carbocycles. The lowest BCUT2D eigenvalue weighted by molar-refractivity contribution is 0.194. The van der Waals surface area contributed by atoms with Crippen LogP contribution in [0.4, 0.5) is 5.82 Å². The quantitative estimate of drug-likeness (QED) is 0.398. The molecule has 3 aromatic heterocycles. The SMILES string of the molecule is CN(C)C[C@H]1C[C@H](c2nc(-c3ccc4ccc(-c5ccccc5)nc4c3)c3c(N)nccn32)C1. The molecule has 6 rings (SSSR count). The Hall–Kier alpha value is -3.77. The van der Waals surface area contributed by atoms with Crippen LogP contribution in [-0.2, 0) is 0 Å². The minimum absolute atomic E-state index is 0.441. The largest absolute Gasteiger partial charge is 0.382 e. The molecule has 3 heterocycles. The van der Waals surface area contributed by atoms with E-state index in [2.05, 4.69) is 70.8 Å². The van der Waals surface area contributed by atoms with E-state index < -0.39 is 0 Å². The summed E-state index contributed by atoms with van der Waals surface area (Å²) in [4.78, 5) is 16.7. The number of nitrogens with two attached hydrogens (primary N) is 1. The van der Waals surface area contributed by atoms with Crippen molar-refractivity contribution < 1.29 is 0 Å². The summed E-state index contributed by atoms with van der Waals surface area (Å²) >= 11 is 0. The van der Waals surface area contributed by atoms with E-state index in [9.17, 15) is 0 Å². The highest BCUT2D eigenvalue weighted by atomic mass is 15.1. The molecular formula is C28H28N6. The van der Waals surface area contributed by atoms with Gasteiger partial charge in [-0.2, -0.15) is 0 Å². The molecule has 34 heavy (non-hydrogen) atoms. The van der Waals surface area contributed by atoms with Crippen LogP contribution in [0, 0.1) is 5.92 Å². The first-order chi connectivity index (χ1) is 16.6. The van der Waals surface area contributed by atoms with Crippen molar-refractivity contribution >= 4 is 22.2 Å². The first kappa shape index (κ1) is 20.8. The van der Waals surface area contributed by atoms with Crippen molar-refractivity contribution in [2.45, 2.75) is 18.8 Å². The van der Waals surface area contributed by atoms with Crippen LogP contribution >= 0.6 is 0 Å². The van der Waals surface area contributed by atoms with Gasteiger partial charge in [0.25, 0.3) is 0 Å². The summed E-state index contributed by atoms with van der Waals surface area (Å²) < 4.78 is 2.15. The zero-order valence-corrected chi connectivity index (χ0v) is 19.5. The lowest BCUT2D eigenvalue weighted by atomic mass is 9.74. The second-order valence-electron chi connectivity index (χ2n) is 9.62. The summed E-state index contributed by atoms with van der Waals surface area (Å²) in [5.41, 5.74) is 12.2. The molecule has 0 saturated heterocycles. The minimum atomic E-state index is 0.441. The van der Waals surface area contributed by atoms with Crippen LogP contribution in [0.5, 0.6) is 0 Å². The molecule has 2 aromatic carbocycles. The summed E-state index contributed by atoms with van der Waals surface area (Å²) in [5, 5.41) is 1.10. The predicted molar refractivity (Wildman–Crippen MR) is 138 cm³/mol. The molecule has 0 unspecified atom stereocenters. The predicted octanol–water partition coefficient (Wildman–Crippen LogP) is 5.25. The van der Waals surface area contributed by atoms with Gasteiger partial charge in [0.2, 0.25) is 0 Å². The number of anilines is 1. The average molecular weight is 449 g/mol. The molecule has 2 N–H and O–H groups in total. The van der Waals surface area contributed by atoms with Crippen molar-refractivity contribution in [3.8, 4) is 22.5 Å². The number of rotatable bonds is 5. The second-order valence-corrected chi connectivity index (χ2v) is 9.62. The van der Waals surface area contributed by atoms with E-state index in [1.165, 1.54) is 0 Å². The van der Waals surface area contributed by atoms with E-state index in [0.29, 0.717) is 11.7 Å². The molecule has 0 spiro atoms. The van der Waals surface area contributed by atoms with Gasteiger partial charge in [-0.1, -0.05) is 48.5 Å². The van der Waals surface area contributed by atoms with Gasteiger partial charge in [-0.25, -0.2) is 15.0 Å². The van der Waals surface area contributed by atoms with E-state index in [-0.39, 0.29) is 0 Å². The summed E-state index contributed by atoms with van der Waals surface area (Å²) in [6, 6.07) is 20.8. The van der Waals surface area contributed by atoms with Crippen molar-refractivity contribution in [3.05, 3.63) is 78.9 Å². The van der Waals surface area contributed by atoms with Gasteiger partial charge in [-0.15, -0.1) is 0 Å². The monoisotopic (exact) mass is 448 g/mol. The smallest absolute Gasteiger partial charge is 0.150 e. The average Bonchev–Trinajstić information content (AvgIpc) is 3.21. The Balaban J connectivity index is 1.43. The van der Waals surface area contributed by atoms with Crippen molar-refractivity contribution in [1.82, 2.24) is 24.3 Å². The number of nitrogens with zero attached hydrogens (tertiary/aromatic N) is 5. The molecule has 170 valence electrons. The Labute approximate surface area is 199 Å². The number of benzene rings is 2. The van der Waals surface area contributed by atoms with Gasteiger partial charge in [0.15, 0.2) is 0 Å². The van der Waals surface area contributed by atoms with Crippen molar-refractivity contribution in [1.29, 1.82) is 0 Å². The number of hydrogen-bond acceptors (Lipinski definition) is 5. The molecule has 0 aliphatic heterocycles. The minimum Gasteiger partial charge on any atom is -0.382 e. The van der Waals surface area contributed by atoms with Crippen LogP contribution in [0.2, 0.25) is 0 Å². The van der Waals surface area contributed by atoms with Gasteiger partial charge >= 0.3 is 0 Å². The fourth-order valence-electron chi connectivity index (χ4n) is 5.22. The van der Waals surface area contributed by atoms with E-state index in [1.807, 2.05) is 24.4 Å². The van der Waals surface area contributed by atoms with Crippen LogP contribution < -0.4 is 5.73 Å². The van der Waals surface area contributed by atoms with E-state index in [4.69, 9.17) is 15.7 Å². The summed E-state index contributed by atoms with van der Waals surface area (Å²) in [6.07, 6.45) is 6.06. The maximum Gasteiger partial charge on any atom is 0.150 e. The van der Waals surface area contributed by atoms with Crippen LogP contribution in [-0.4, -0.2) is 44.9 Å². The highest BCUT2D eigenvalue weighted by Crippen LogP contribution is 2.43. The molecule has 1 aliphatic rings. The van der Waals surface area contributed by atoms with Crippen LogP contribution in [0.15, 0.2) is 73.1 Å². The number of fused-ring (bicyclic) bond motifs is 2. The number of pyridine rings is 1. The van der Waals surface area contributed by atoms with Crippen LogP contribution in [0.1, 0.15) is 24.6 Å². The molecule has 1 fully saturated rings. The molecule has 0 atom stereocenters. The topological polar surface area (TPSA) is 72.3 Å². The summed E-state index contributed by atoms with van der Waals surface area (Å²) in [5.74, 6) is 2.75. The Morgan fingerprint density at radius 3 is 2.56 bits per heavy atom. The van der Waals surface area contributed by atoms with Gasteiger partial charge in [0, 0.05) is 41.4 Å². The fraction of sp³-hybridized carbons (Fsp3) is 0.250. The van der Waals surface area contributed by atoms with Gasteiger partial charge in [0.1, 0.15) is 22.9 Å². The standard InChI is InChI=1S/C28H28N6/c1-33(2)17-18-14-22(15-18)28-32-25(26-27(29)30-12-13-34(26)28)21-9-8-20-10-11-23(31-24(20)16-21)19-6-4-3-5-7-19/h3-13,16,18,22H,14-15,17H2,1-2H3,(H2,29,30)/t18-,22-. The number of imidazole rings is 1. The molecule has 5 aromatic rings. The number of hydrogen-bond donors (Lipinski definition) is 1. The summed E-state index contributed by atoms with van der Waals surface area (Å²) in [6.45, 7) is 1.12. The third-order valence-electron chi connectivity index (χ3n) is 6.87. The second kappa shape index (κ2) is 8.22. The molecule has 0 bridgehead atoms. The number of nitrogen functional groups attached to an aromatic ring is 1. The third-order valence-corrected chi connectivity index (χ3v) is 6.87. The first-order valence-electron chi connectivity index (χ1n) is 11.8. The lowest BCUT2D eigenvalue weighted by Gasteiger charge is -2.36. The van der Waals surface area contributed by atoms with Crippen LogP contribution in [0.3, 0.4) is 0 Å². The summed E-state index contributed by atoms with van der Waals surface area (Å²) in [7, 11) is 4.28. The maximum absolute atomic E-state index is 6.38. The Morgan fingerprint density at radius 1 is 0.971 bits per heavy atom. The maximum atomic E-state index is 6.38. The van der Waals surface area contributed by atoms with Crippen molar-refractivity contribution in [2.75, 3.05) is 26.4 Å². The lowest BCUT2D eigenvalue weighted by Crippen LogP contribution is -2.32. The normalized spacial score (nSPS) is 18.0. The van der Waals surface area contributed by atoms with Crippen molar-refractivity contribution in [3.63, 3.8) is 0 Å². The highest BCUT2D eigenvalue weighted by Gasteiger charge is 2.34. The molecular weight excluding hydrogens is 420 g/mol. The van der Waals surface area contributed by atoms with Gasteiger partial charge in [-0.05, 0) is 45.0 Å². The van der Waals surface area contributed by atoms with Crippen molar-refractivity contribution in [2.24, 2.45) is 5.92 Å².